The van der Waals surface area contributed by atoms with Gasteiger partial charge in [0, 0.05) is 18.8 Å². The summed E-state index contributed by atoms with van der Waals surface area (Å²) in [6.45, 7) is 3.82. The zero-order chi connectivity index (χ0) is 14.2. The van der Waals surface area contributed by atoms with Crippen molar-refractivity contribution in [1.82, 2.24) is 4.57 Å². The maximum atomic E-state index is 12.5. The number of aromatic hydroxyl groups is 1. The topological polar surface area (TPSA) is 59.3 Å². The van der Waals surface area contributed by atoms with Crippen LogP contribution in [0.4, 0.5) is 0 Å². The molecule has 0 aliphatic heterocycles. The van der Waals surface area contributed by atoms with Crippen LogP contribution in [0.5, 0.6) is 5.75 Å². The largest absolute Gasteiger partial charge is 0.505 e. The second-order valence-electron chi connectivity index (χ2n) is 4.82. The highest BCUT2D eigenvalue weighted by atomic mass is 32.2. The number of aryl methyl sites for hydroxylation is 1. The minimum absolute atomic E-state index is 0.0533. The van der Waals surface area contributed by atoms with Gasteiger partial charge in [0.15, 0.2) is 10.8 Å². The molecular weight excluding hydrogens is 262 g/mol. The van der Waals surface area contributed by atoms with E-state index in [2.05, 4.69) is 0 Å². The number of hydrogen-bond acceptors (Lipinski definition) is 3. The molecule has 0 spiro atoms. The van der Waals surface area contributed by atoms with Crippen LogP contribution in [-0.2, 0) is 16.9 Å². The highest BCUT2D eigenvalue weighted by molar-refractivity contribution is 7.91. The van der Waals surface area contributed by atoms with Gasteiger partial charge in [-0.15, -0.1) is 0 Å². The number of rotatable bonds is 3. The molecule has 0 aliphatic carbocycles. The van der Waals surface area contributed by atoms with Gasteiger partial charge >= 0.3 is 0 Å². The summed E-state index contributed by atoms with van der Waals surface area (Å²) >= 11 is 0. The Balaban J connectivity index is 2.66. The third kappa shape index (κ3) is 2.26. The molecule has 0 radical (unpaired) electrons. The predicted octanol–water partition coefficient (Wildman–Crippen LogP) is 2.69. The van der Waals surface area contributed by atoms with Gasteiger partial charge in [0.05, 0.1) is 4.90 Å². The zero-order valence-electron chi connectivity index (χ0n) is 11.2. The van der Waals surface area contributed by atoms with Gasteiger partial charge in [-0.2, -0.15) is 0 Å². The summed E-state index contributed by atoms with van der Waals surface area (Å²) in [5, 5.41) is 10.1. The van der Waals surface area contributed by atoms with Crippen LogP contribution in [0.2, 0.25) is 0 Å². The fourth-order valence-corrected chi connectivity index (χ4v) is 3.61. The second-order valence-corrected chi connectivity index (χ2v) is 6.69. The molecule has 0 bridgehead atoms. The predicted molar refractivity (Wildman–Crippen MR) is 73.1 cm³/mol. The summed E-state index contributed by atoms with van der Waals surface area (Å²) in [4.78, 5) is 0.182. The van der Waals surface area contributed by atoms with Crippen molar-refractivity contribution in [2.24, 2.45) is 7.05 Å². The third-order valence-corrected chi connectivity index (χ3v) is 4.94. The lowest BCUT2D eigenvalue weighted by molar-refractivity contribution is 0.445. The van der Waals surface area contributed by atoms with E-state index in [4.69, 9.17) is 0 Å². The quantitative estimate of drug-likeness (QED) is 0.939. The zero-order valence-corrected chi connectivity index (χ0v) is 12.0. The van der Waals surface area contributed by atoms with E-state index in [1.54, 1.807) is 31.4 Å². The summed E-state index contributed by atoms with van der Waals surface area (Å²) in [5.74, 6) is -0.0905. The molecule has 1 heterocycles. The van der Waals surface area contributed by atoms with Crippen molar-refractivity contribution >= 4 is 9.84 Å². The Kier molecular flexibility index (Phi) is 3.41. The summed E-state index contributed by atoms with van der Waals surface area (Å²) in [5.41, 5.74) is 0.636. The molecule has 1 N–H and O–H groups in total. The van der Waals surface area contributed by atoms with Crippen molar-refractivity contribution in [2.45, 2.75) is 29.7 Å². The Morgan fingerprint density at radius 2 is 1.74 bits per heavy atom. The van der Waals surface area contributed by atoms with Gasteiger partial charge in [0.25, 0.3) is 0 Å². The molecule has 0 aliphatic rings. The van der Waals surface area contributed by atoms with Gasteiger partial charge < -0.3 is 9.67 Å². The van der Waals surface area contributed by atoms with Crippen LogP contribution < -0.4 is 0 Å². The van der Waals surface area contributed by atoms with E-state index < -0.39 is 9.84 Å². The lowest BCUT2D eigenvalue weighted by atomic mass is 10.1. The van der Waals surface area contributed by atoms with Crippen LogP contribution in [0.1, 0.15) is 25.3 Å². The second kappa shape index (κ2) is 4.74. The molecular formula is C14H17NO3S. The summed E-state index contributed by atoms with van der Waals surface area (Å²) in [7, 11) is -2.07. The summed E-state index contributed by atoms with van der Waals surface area (Å²) < 4.78 is 26.5. The average Bonchev–Trinajstić information content (AvgIpc) is 2.66. The van der Waals surface area contributed by atoms with E-state index >= 15 is 0 Å². The first-order valence-corrected chi connectivity index (χ1v) is 7.52. The van der Waals surface area contributed by atoms with Gasteiger partial charge in [-0.3, -0.25) is 0 Å². The van der Waals surface area contributed by atoms with E-state index in [9.17, 15) is 13.5 Å². The Morgan fingerprint density at radius 3 is 2.21 bits per heavy atom. The van der Waals surface area contributed by atoms with Crippen LogP contribution >= 0.6 is 0 Å². The highest BCUT2D eigenvalue weighted by Crippen LogP contribution is 2.36. The van der Waals surface area contributed by atoms with E-state index in [1.807, 2.05) is 13.8 Å². The van der Waals surface area contributed by atoms with Gasteiger partial charge in [-0.05, 0) is 18.1 Å². The molecule has 0 saturated heterocycles. The first-order chi connectivity index (χ1) is 8.85. The SMILES string of the molecule is CC(C)c1cn(C)c(S(=O)(=O)c2ccccc2)c1O. The van der Waals surface area contributed by atoms with Crippen LogP contribution in [-0.4, -0.2) is 18.1 Å². The Labute approximate surface area is 113 Å². The minimum atomic E-state index is -3.70. The molecule has 1 aromatic heterocycles. The van der Waals surface area contributed by atoms with Crippen LogP contribution in [0.25, 0.3) is 0 Å². The fraction of sp³-hybridized carbons (Fsp3) is 0.286. The molecule has 2 rings (SSSR count). The summed E-state index contributed by atoms with van der Waals surface area (Å²) in [6.07, 6.45) is 1.66. The number of sulfone groups is 1. The van der Waals surface area contributed by atoms with E-state index in [0.717, 1.165) is 0 Å². The van der Waals surface area contributed by atoms with Gasteiger partial charge in [0.2, 0.25) is 9.84 Å². The molecule has 1 aromatic carbocycles. The smallest absolute Gasteiger partial charge is 0.225 e. The van der Waals surface area contributed by atoms with E-state index in [0.29, 0.717) is 5.56 Å². The molecule has 0 fully saturated rings. The minimum Gasteiger partial charge on any atom is -0.505 e. The fourth-order valence-electron chi connectivity index (χ4n) is 2.07. The standard InChI is InChI=1S/C14H17NO3S/c1-10(2)12-9-15(3)14(13(12)16)19(17,18)11-7-5-4-6-8-11/h4-10,16H,1-3H3. The van der Waals surface area contributed by atoms with Crippen molar-refractivity contribution in [1.29, 1.82) is 0 Å². The van der Waals surface area contributed by atoms with Crippen LogP contribution in [0.3, 0.4) is 0 Å². The van der Waals surface area contributed by atoms with Gasteiger partial charge in [-0.1, -0.05) is 32.0 Å². The maximum Gasteiger partial charge on any atom is 0.225 e. The number of hydrogen-bond donors (Lipinski definition) is 1. The van der Waals surface area contributed by atoms with E-state index in [-0.39, 0.29) is 21.6 Å². The van der Waals surface area contributed by atoms with E-state index in [1.165, 1.54) is 16.7 Å². The molecule has 0 amide bonds. The molecule has 5 heteroatoms. The average molecular weight is 279 g/mol. The molecule has 0 saturated carbocycles. The molecule has 0 atom stereocenters. The van der Waals surface area contributed by atoms with Crippen molar-refractivity contribution < 1.29 is 13.5 Å². The molecule has 2 aromatic rings. The van der Waals surface area contributed by atoms with Crippen LogP contribution in [0, 0.1) is 0 Å². The Hall–Kier alpha value is -1.75. The van der Waals surface area contributed by atoms with Crippen molar-refractivity contribution in [3.05, 3.63) is 42.1 Å². The van der Waals surface area contributed by atoms with Crippen molar-refractivity contribution in [3.63, 3.8) is 0 Å². The lowest BCUT2D eigenvalue weighted by Gasteiger charge is -2.07. The third-order valence-electron chi connectivity index (χ3n) is 3.06. The Bertz CT molecular complexity index is 685. The van der Waals surface area contributed by atoms with Gasteiger partial charge in [0.1, 0.15) is 0 Å². The Morgan fingerprint density at radius 1 is 1.16 bits per heavy atom. The monoisotopic (exact) mass is 279 g/mol. The molecule has 19 heavy (non-hydrogen) atoms. The van der Waals surface area contributed by atoms with Crippen molar-refractivity contribution in [3.8, 4) is 5.75 Å². The lowest BCUT2D eigenvalue weighted by Crippen LogP contribution is -2.07. The number of nitrogens with zero attached hydrogens (tertiary/aromatic N) is 1. The first-order valence-electron chi connectivity index (χ1n) is 6.04. The molecule has 0 unspecified atom stereocenters. The summed E-state index contributed by atoms with van der Waals surface area (Å²) in [6, 6.07) is 8.13. The molecule has 102 valence electrons. The van der Waals surface area contributed by atoms with Crippen LogP contribution in [0.15, 0.2) is 46.5 Å². The van der Waals surface area contributed by atoms with Crippen molar-refractivity contribution in [2.75, 3.05) is 0 Å². The van der Waals surface area contributed by atoms with Gasteiger partial charge in [-0.25, -0.2) is 8.42 Å². The maximum absolute atomic E-state index is 12.5. The molecule has 4 nitrogen and oxygen atoms in total. The number of benzene rings is 1. The highest BCUT2D eigenvalue weighted by Gasteiger charge is 2.28. The number of aromatic nitrogens is 1. The first kappa shape index (κ1) is 13.7. The normalized spacial score (nSPS) is 12.0.